The first-order valence-electron chi connectivity index (χ1n) is 29.9. The minimum absolute atomic E-state index is 0.261. The molecule has 0 N–H and O–H groups in total. The predicted molar refractivity (Wildman–Crippen MR) is 354 cm³/mol. The third kappa shape index (κ3) is 6.46. The van der Waals surface area contributed by atoms with Crippen molar-refractivity contribution in [3.8, 4) is 61.3 Å². The Morgan fingerprint density at radius 2 is 0.812 bits per heavy atom. The molecule has 0 radical (unpaired) electrons. The largest absolute Gasteiger partial charge is 0.455 e. The Kier molecular flexibility index (Phi) is 9.67. The van der Waals surface area contributed by atoms with Crippen molar-refractivity contribution in [2.75, 3.05) is 4.90 Å². The Morgan fingerprint density at radius 1 is 0.318 bits per heavy atom. The van der Waals surface area contributed by atoms with Gasteiger partial charge in [0.05, 0.1) is 11.0 Å². The Balaban J connectivity index is 0.863. The maximum Gasteiger partial charge on any atom is 0.144 e. The number of aromatic nitrogens is 1. The maximum absolute atomic E-state index is 7.08. The standard InChI is InChI=1S/C81H58N2O2/c1-79(2)63-44-52(37-40-56(63)70-65(79)46-60(77-72(70)58-27-15-19-31-68(58)84-77)49-35-33-48(34-36-49)47-21-9-7-10-22-47)82(51-39-42-67-61(43-51)54-25-14-18-30-66(54)83(67)50-23-11-8-12-24-50)53-38-41-57-64(45-53)81(5,6)75-71(57)73-59-28-16-20-32-69(59)85-78(73)74-55-26-13-17-29-62(55)80(3,4)76(74)75/h7-46H,1-6H3. The molecule has 3 aliphatic carbocycles. The van der Waals surface area contributed by atoms with Crippen LogP contribution in [0.15, 0.2) is 251 Å². The molecule has 0 saturated carbocycles. The number of nitrogens with zero attached hydrogens (tertiary/aromatic N) is 2. The van der Waals surface area contributed by atoms with Gasteiger partial charge < -0.3 is 18.3 Å². The Labute approximate surface area is 493 Å². The third-order valence-corrected chi connectivity index (χ3v) is 19.9. The topological polar surface area (TPSA) is 34.5 Å². The molecular weight excluding hydrogens is 1030 g/mol. The van der Waals surface area contributed by atoms with Crippen molar-refractivity contribution in [2.45, 2.75) is 57.8 Å². The zero-order valence-electron chi connectivity index (χ0n) is 48.3. The molecule has 18 rings (SSSR count). The summed E-state index contributed by atoms with van der Waals surface area (Å²) >= 11 is 0. The number of hydrogen-bond acceptors (Lipinski definition) is 3. The lowest BCUT2D eigenvalue weighted by molar-refractivity contribution is 0.600. The summed E-state index contributed by atoms with van der Waals surface area (Å²) in [5.41, 5.74) is 29.7. The van der Waals surface area contributed by atoms with Gasteiger partial charge in [-0.2, -0.15) is 0 Å². The van der Waals surface area contributed by atoms with E-state index in [4.69, 9.17) is 8.83 Å². The molecule has 4 heteroatoms. The van der Waals surface area contributed by atoms with Crippen LogP contribution in [0.1, 0.15) is 74.9 Å². The SMILES string of the molecule is CC1(C)c2cc(N(c3ccc4c(c3)C(C)(C)c3c5c(c6oc7ccccc7c6c3-4)-c3ccccc3C5(C)C)c3ccc4c(c3)c3ccccc3n4-c3ccccc3)ccc2-c2c1cc(-c1ccc(-c3ccccc3)cc1)c1oc3ccccc3c21. The molecule has 12 aromatic carbocycles. The summed E-state index contributed by atoms with van der Waals surface area (Å²) in [7, 11) is 0. The highest BCUT2D eigenvalue weighted by atomic mass is 16.3. The van der Waals surface area contributed by atoms with Crippen LogP contribution < -0.4 is 4.90 Å². The number of para-hydroxylation sites is 4. The van der Waals surface area contributed by atoms with Crippen molar-refractivity contribution in [1.82, 2.24) is 4.57 Å². The first-order valence-corrected chi connectivity index (χ1v) is 29.9. The van der Waals surface area contributed by atoms with Crippen LogP contribution in [0.25, 0.3) is 127 Å². The molecule has 0 saturated heterocycles. The molecule has 0 atom stereocenters. The van der Waals surface area contributed by atoms with Crippen LogP contribution in [0.2, 0.25) is 0 Å². The van der Waals surface area contributed by atoms with Gasteiger partial charge in [-0.05, 0) is 157 Å². The monoisotopic (exact) mass is 1090 g/mol. The van der Waals surface area contributed by atoms with Crippen LogP contribution in [-0.4, -0.2) is 4.57 Å². The second kappa shape index (κ2) is 17.0. The van der Waals surface area contributed by atoms with Gasteiger partial charge in [0.25, 0.3) is 0 Å². The second-order valence-electron chi connectivity index (χ2n) is 25.5. The Bertz CT molecular complexity index is 5380. The quantitative estimate of drug-likeness (QED) is 0.166. The van der Waals surface area contributed by atoms with E-state index in [0.717, 1.165) is 67.0 Å². The first-order chi connectivity index (χ1) is 41.4. The minimum atomic E-state index is -0.380. The molecule has 0 unspecified atom stereocenters. The summed E-state index contributed by atoms with van der Waals surface area (Å²) < 4.78 is 16.5. The Hall–Kier alpha value is -10.2. The van der Waals surface area contributed by atoms with Gasteiger partial charge in [0.1, 0.15) is 22.3 Å². The van der Waals surface area contributed by atoms with Crippen LogP contribution >= 0.6 is 0 Å². The van der Waals surface area contributed by atoms with Crippen LogP contribution in [0.4, 0.5) is 17.1 Å². The fraction of sp³-hybridized carbons (Fsp3) is 0.111. The van der Waals surface area contributed by atoms with Gasteiger partial charge in [-0.15, -0.1) is 0 Å². The average molecular weight is 1090 g/mol. The lowest BCUT2D eigenvalue weighted by Crippen LogP contribution is -2.24. The van der Waals surface area contributed by atoms with Crippen LogP contribution in [0.3, 0.4) is 0 Å². The van der Waals surface area contributed by atoms with Gasteiger partial charge in [0, 0.05) is 82.4 Å². The first kappa shape index (κ1) is 48.4. The molecule has 15 aromatic rings. The highest BCUT2D eigenvalue weighted by Crippen LogP contribution is 2.64. The van der Waals surface area contributed by atoms with Gasteiger partial charge in [-0.3, -0.25) is 0 Å². The van der Waals surface area contributed by atoms with Crippen LogP contribution in [0.5, 0.6) is 0 Å². The van der Waals surface area contributed by atoms with Crippen molar-refractivity contribution < 1.29 is 8.83 Å². The van der Waals surface area contributed by atoms with Crippen molar-refractivity contribution in [3.63, 3.8) is 0 Å². The van der Waals surface area contributed by atoms with Crippen LogP contribution in [0, 0.1) is 0 Å². The average Bonchev–Trinajstić information content (AvgIpc) is 1.60. The molecular formula is C81H58N2O2. The van der Waals surface area contributed by atoms with Crippen molar-refractivity contribution in [2.24, 2.45) is 0 Å². The molecule has 3 aromatic heterocycles. The highest BCUT2D eigenvalue weighted by molar-refractivity contribution is 6.22. The van der Waals surface area contributed by atoms with E-state index >= 15 is 0 Å². The zero-order valence-corrected chi connectivity index (χ0v) is 48.3. The van der Waals surface area contributed by atoms with Gasteiger partial charge in [-0.1, -0.05) is 205 Å². The van der Waals surface area contributed by atoms with Crippen molar-refractivity contribution >= 4 is 82.7 Å². The number of fused-ring (bicyclic) bond motifs is 22. The second-order valence-corrected chi connectivity index (χ2v) is 25.5. The molecule has 404 valence electrons. The molecule has 0 bridgehead atoms. The normalized spacial score (nSPS) is 14.8. The maximum atomic E-state index is 7.08. The molecule has 0 aliphatic heterocycles. The highest BCUT2D eigenvalue weighted by Gasteiger charge is 2.49. The minimum Gasteiger partial charge on any atom is -0.455 e. The van der Waals surface area contributed by atoms with Crippen molar-refractivity contribution in [3.05, 3.63) is 276 Å². The number of rotatable bonds is 6. The smallest absolute Gasteiger partial charge is 0.144 e. The fourth-order valence-corrected chi connectivity index (χ4v) is 16.0. The zero-order chi connectivity index (χ0) is 56.8. The number of hydrogen-bond donors (Lipinski definition) is 0. The summed E-state index contributed by atoms with van der Waals surface area (Å²) in [6, 6.07) is 89.6. The van der Waals surface area contributed by atoms with Gasteiger partial charge in [0.15, 0.2) is 0 Å². The molecule has 4 nitrogen and oxygen atoms in total. The lowest BCUT2D eigenvalue weighted by Gasteiger charge is -2.32. The number of furan rings is 2. The molecule has 0 spiro atoms. The predicted octanol–water partition coefficient (Wildman–Crippen LogP) is 22.3. The third-order valence-electron chi connectivity index (χ3n) is 19.9. The van der Waals surface area contributed by atoms with Crippen LogP contribution in [-0.2, 0) is 16.2 Å². The van der Waals surface area contributed by atoms with E-state index in [-0.39, 0.29) is 16.2 Å². The lowest BCUT2D eigenvalue weighted by atomic mass is 9.72. The summed E-state index contributed by atoms with van der Waals surface area (Å²) in [4.78, 5) is 2.53. The fourth-order valence-electron chi connectivity index (χ4n) is 16.0. The van der Waals surface area contributed by atoms with E-state index in [9.17, 15) is 0 Å². The van der Waals surface area contributed by atoms with E-state index in [2.05, 4.69) is 294 Å². The van der Waals surface area contributed by atoms with Gasteiger partial charge in [-0.25, -0.2) is 0 Å². The summed E-state index contributed by atoms with van der Waals surface area (Å²) in [5.74, 6) is 0. The molecule has 3 heterocycles. The summed E-state index contributed by atoms with van der Waals surface area (Å²) in [6.07, 6.45) is 0. The number of anilines is 3. The van der Waals surface area contributed by atoms with E-state index in [1.165, 1.54) is 110 Å². The van der Waals surface area contributed by atoms with Gasteiger partial charge in [0.2, 0.25) is 0 Å². The molecule has 3 aliphatic rings. The van der Waals surface area contributed by atoms with E-state index < -0.39 is 0 Å². The molecule has 85 heavy (non-hydrogen) atoms. The molecule has 0 amide bonds. The van der Waals surface area contributed by atoms with E-state index in [1.807, 2.05) is 0 Å². The Morgan fingerprint density at radius 3 is 1.53 bits per heavy atom. The summed E-state index contributed by atoms with van der Waals surface area (Å²) in [6.45, 7) is 14.6. The van der Waals surface area contributed by atoms with Gasteiger partial charge >= 0.3 is 0 Å². The molecule has 0 fully saturated rings. The van der Waals surface area contributed by atoms with E-state index in [0.29, 0.717) is 0 Å². The summed E-state index contributed by atoms with van der Waals surface area (Å²) in [5, 5.41) is 7.09. The van der Waals surface area contributed by atoms with Crippen molar-refractivity contribution in [1.29, 1.82) is 0 Å². The number of benzene rings is 12. The van der Waals surface area contributed by atoms with E-state index in [1.54, 1.807) is 0 Å².